The van der Waals surface area contributed by atoms with Crippen molar-refractivity contribution in [1.29, 1.82) is 0 Å². The maximum atomic E-state index is 13.1. The van der Waals surface area contributed by atoms with Crippen LogP contribution in [0.4, 0.5) is 4.79 Å². The van der Waals surface area contributed by atoms with Crippen LogP contribution in [-0.2, 0) is 4.74 Å². The van der Waals surface area contributed by atoms with Crippen LogP contribution in [0.1, 0.15) is 114 Å². The molecule has 32 heavy (non-hydrogen) atoms. The summed E-state index contributed by atoms with van der Waals surface area (Å²) in [6.45, 7) is 20.2. The van der Waals surface area contributed by atoms with E-state index in [1.54, 1.807) is 0 Å². The molecule has 0 unspecified atom stereocenters. The second-order valence-electron chi connectivity index (χ2n) is 11.2. The summed E-state index contributed by atoms with van der Waals surface area (Å²) in [4.78, 5) is 14.9. The van der Waals surface area contributed by atoms with Gasteiger partial charge in [0.2, 0.25) is 0 Å². The van der Waals surface area contributed by atoms with Crippen LogP contribution in [0.3, 0.4) is 0 Å². The Morgan fingerprint density at radius 2 is 1.41 bits per heavy atom. The third-order valence-corrected chi connectivity index (χ3v) is 25.0. The standard InChI is InChI=1S/C16H28NO2.3C4H9.Sn/c1-11(2)14-7-9-15(10-8-14)19-16(18)17(12(3)4)13(5)6;3*1-3-4-2;/h7,9,11-14H,8,10H2,1-6H3;3*1,3-4H2,2H3;/t14-;;;;/m1..../s1. The topological polar surface area (TPSA) is 29.5 Å². The number of carbonyl (C=O) groups excluding carboxylic acids is 1. The van der Waals surface area contributed by atoms with Crippen molar-refractivity contribution in [2.75, 3.05) is 0 Å². The number of rotatable bonds is 14. The zero-order valence-electron chi connectivity index (χ0n) is 23.0. The Morgan fingerprint density at radius 3 is 1.78 bits per heavy atom. The van der Waals surface area contributed by atoms with Gasteiger partial charge in [-0.05, 0) is 0 Å². The normalized spacial score (nSPS) is 19.6. The third kappa shape index (κ3) is 8.54. The number of amides is 1. The molecule has 3 nitrogen and oxygen atoms in total. The molecule has 2 atom stereocenters. The Hall–Kier alpha value is -0.191. The van der Waals surface area contributed by atoms with Gasteiger partial charge in [-0.2, -0.15) is 0 Å². The average Bonchev–Trinajstić information content (AvgIpc) is 2.72. The van der Waals surface area contributed by atoms with Crippen molar-refractivity contribution in [2.24, 2.45) is 11.8 Å². The maximum absolute atomic E-state index is 13.1. The predicted octanol–water partition coefficient (Wildman–Crippen LogP) is 9.41. The summed E-state index contributed by atoms with van der Waals surface area (Å²) in [5.74, 6) is 2.45. The van der Waals surface area contributed by atoms with Crippen LogP contribution in [0.25, 0.3) is 0 Å². The fraction of sp³-hybridized carbons (Fsp3) is 0.893. The van der Waals surface area contributed by atoms with Crippen molar-refractivity contribution in [3.05, 3.63) is 11.8 Å². The Labute approximate surface area is 205 Å². The molecule has 0 radical (unpaired) electrons. The van der Waals surface area contributed by atoms with Gasteiger partial charge >= 0.3 is 206 Å². The van der Waals surface area contributed by atoms with Crippen LogP contribution in [0.15, 0.2) is 11.8 Å². The summed E-state index contributed by atoms with van der Waals surface area (Å²) in [5, 5.41) is 0. The van der Waals surface area contributed by atoms with E-state index in [-0.39, 0.29) is 18.2 Å². The second kappa shape index (κ2) is 14.9. The molecule has 188 valence electrons. The summed E-state index contributed by atoms with van der Waals surface area (Å²) in [6, 6.07) is 0.311. The van der Waals surface area contributed by atoms with Crippen LogP contribution in [0.5, 0.6) is 0 Å². The molecule has 0 saturated carbocycles. The molecule has 0 aliphatic heterocycles. The predicted molar refractivity (Wildman–Crippen MR) is 143 cm³/mol. The molecule has 0 N–H and O–H groups in total. The van der Waals surface area contributed by atoms with Gasteiger partial charge in [-0.3, -0.25) is 0 Å². The fourth-order valence-corrected chi connectivity index (χ4v) is 25.8. The van der Waals surface area contributed by atoms with Crippen molar-refractivity contribution in [1.82, 2.24) is 4.90 Å². The molecular formula is C28H55NO2Sn. The SMILES string of the molecule is CCC[CH2][Sn]([CH2]CCC)([CH2]CCC)[C@@H]1C=C(OC(=O)N(C(C)C)C(C)C)CC[C@@H]1C(C)C. The molecule has 0 aromatic rings. The third-order valence-electron chi connectivity index (χ3n) is 7.74. The number of allylic oxidation sites excluding steroid dienone is 2. The first-order chi connectivity index (χ1) is 15.1. The molecule has 1 aliphatic carbocycles. The van der Waals surface area contributed by atoms with Crippen molar-refractivity contribution < 1.29 is 9.53 Å². The molecule has 0 aromatic heterocycles. The molecule has 1 amide bonds. The van der Waals surface area contributed by atoms with Crippen LogP contribution < -0.4 is 0 Å². The van der Waals surface area contributed by atoms with E-state index in [9.17, 15) is 4.79 Å². The van der Waals surface area contributed by atoms with Gasteiger partial charge in [-0.1, -0.05) is 0 Å². The Kier molecular flexibility index (Phi) is 13.9. The first-order valence-corrected chi connectivity index (χ1v) is 21.5. The van der Waals surface area contributed by atoms with E-state index in [0.29, 0.717) is 5.92 Å². The van der Waals surface area contributed by atoms with E-state index in [1.165, 1.54) is 58.3 Å². The molecule has 0 fully saturated rings. The Balaban J connectivity index is 3.34. The first kappa shape index (κ1) is 29.8. The van der Waals surface area contributed by atoms with Crippen molar-refractivity contribution in [3.63, 3.8) is 0 Å². The molecule has 0 heterocycles. The first-order valence-electron chi connectivity index (χ1n) is 13.8. The van der Waals surface area contributed by atoms with Gasteiger partial charge in [0.15, 0.2) is 0 Å². The molecule has 0 aromatic carbocycles. The quantitative estimate of drug-likeness (QED) is 0.200. The number of nitrogens with zero attached hydrogens (tertiary/aromatic N) is 1. The van der Waals surface area contributed by atoms with E-state index in [0.717, 1.165) is 22.0 Å². The fourth-order valence-electron chi connectivity index (χ4n) is 6.00. The zero-order chi connectivity index (χ0) is 24.3. The monoisotopic (exact) mass is 557 g/mol. The molecule has 0 bridgehead atoms. The summed E-state index contributed by atoms with van der Waals surface area (Å²) in [6.07, 6.45) is 12.6. The van der Waals surface area contributed by atoms with Gasteiger partial charge in [0.25, 0.3) is 0 Å². The number of ether oxygens (including phenoxy) is 1. The van der Waals surface area contributed by atoms with Crippen LogP contribution >= 0.6 is 0 Å². The molecule has 0 spiro atoms. The van der Waals surface area contributed by atoms with Crippen molar-refractivity contribution in [3.8, 4) is 0 Å². The average molecular weight is 556 g/mol. The number of unbranched alkanes of at least 4 members (excludes halogenated alkanes) is 3. The summed E-state index contributed by atoms with van der Waals surface area (Å²) in [7, 11) is 0. The minimum atomic E-state index is -2.48. The molecule has 0 saturated heterocycles. The zero-order valence-corrected chi connectivity index (χ0v) is 25.9. The molecule has 4 heteroatoms. The Bertz CT molecular complexity index is 540. The van der Waals surface area contributed by atoms with Gasteiger partial charge < -0.3 is 0 Å². The number of hydrogen-bond donors (Lipinski definition) is 0. The van der Waals surface area contributed by atoms with Crippen LogP contribution in [-0.4, -0.2) is 41.5 Å². The Morgan fingerprint density at radius 1 is 0.938 bits per heavy atom. The number of carbonyl (C=O) groups is 1. The minimum absolute atomic E-state index is 0.153. The van der Waals surface area contributed by atoms with Crippen LogP contribution in [0, 0.1) is 11.8 Å². The summed E-state index contributed by atoms with van der Waals surface area (Å²) >= 11 is -2.48. The summed E-state index contributed by atoms with van der Waals surface area (Å²) in [5.41, 5.74) is 0. The van der Waals surface area contributed by atoms with Gasteiger partial charge in [0.1, 0.15) is 0 Å². The molecule has 1 aliphatic rings. The van der Waals surface area contributed by atoms with E-state index in [4.69, 9.17) is 4.74 Å². The van der Waals surface area contributed by atoms with Gasteiger partial charge in [0.05, 0.1) is 0 Å². The van der Waals surface area contributed by atoms with E-state index in [1.807, 2.05) is 4.90 Å². The summed E-state index contributed by atoms with van der Waals surface area (Å²) < 4.78 is 11.4. The molecule has 1 rings (SSSR count). The van der Waals surface area contributed by atoms with Gasteiger partial charge in [0, 0.05) is 0 Å². The van der Waals surface area contributed by atoms with E-state index < -0.39 is 18.4 Å². The second-order valence-corrected chi connectivity index (χ2v) is 25.2. The molecular weight excluding hydrogens is 501 g/mol. The number of hydrogen-bond acceptors (Lipinski definition) is 2. The van der Waals surface area contributed by atoms with Crippen LogP contribution in [0.2, 0.25) is 17.2 Å². The van der Waals surface area contributed by atoms with Gasteiger partial charge in [-0.15, -0.1) is 0 Å². The van der Waals surface area contributed by atoms with E-state index >= 15 is 0 Å². The van der Waals surface area contributed by atoms with Crippen molar-refractivity contribution >= 4 is 24.5 Å². The van der Waals surface area contributed by atoms with Gasteiger partial charge in [-0.25, -0.2) is 0 Å². The van der Waals surface area contributed by atoms with E-state index in [2.05, 4.69) is 68.4 Å². The van der Waals surface area contributed by atoms with Crippen molar-refractivity contribution in [2.45, 2.75) is 143 Å².